The van der Waals surface area contributed by atoms with Crippen LogP contribution < -0.4 is 20.5 Å². The van der Waals surface area contributed by atoms with E-state index in [1.54, 1.807) is 0 Å². The fourth-order valence-electron chi connectivity index (χ4n) is 2.68. The van der Waals surface area contributed by atoms with Crippen molar-refractivity contribution >= 4 is 5.69 Å². The molecular formula is C20H25N5O2. The van der Waals surface area contributed by atoms with E-state index < -0.39 is 6.04 Å². The van der Waals surface area contributed by atoms with Crippen LogP contribution in [0.5, 0.6) is 11.5 Å². The summed E-state index contributed by atoms with van der Waals surface area (Å²) in [7, 11) is 0. The van der Waals surface area contributed by atoms with E-state index in [1.165, 1.54) is 0 Å². The van der Waals surface area contributed by atoms with Gasteiger partial charge in [0.05, 0.1) is 25.8 Å². The van der Waals surface area contributed by atoms with E-state index in [0.717, 1.165) is 17.1 Å². The Labute approximate surface area is 158 Å². The van der Waals surface area contributed by atoms with Gasteiger partial charge < -0.3 is 20.5 Å². The normalized spacial score (nSPS) is 11.8. The highest BCUT2D eigenvalue weighted by Crippen LogP contribution is 2.31. The quantitative estimate of drug-likeness (QED) is 0.537. The van der Waals surface area contributed by atoms with Crippen molar-refractivity contribution in [3.8, 4) is 11.5 Å². The predicted octanol–water partition coefficient (Wildman–Crippen LogP) is 3.26. The molecule has 0 radical (unpaired) electrons. The van der Waals surface area contributed by atoms with Gasteiger partial charge in [0.2, 0.25) is 0 Å². The van der Waals surface area contributed by atoms with Gasteiger partial charge in [0.15, 0.2) is 17.3 Å². The van der Waals surface area contributed by atoms with Crippen LogP contribution >= 0.6 is 0 Å². The summed E-state index contributed by atoms with van der Waals surface area (Å²) in [5.41, 5.74) is 8.25. The molecule has 0 spiro atoms. The molecule has 142 valence electrons. The highest BCUT2D eigenvalue weighted by molar-refractivity contribution is 5.45. The van der Waals surface area contributed by atoms with Crippen molar-refractivity contribution in [3.05, 3.63) is 65.7 Å². The van der Waals surface area contributed by atoms with Gasteiger partial charge in [-0.15, -0.1) is 0 Å². The molecule has 1 heterocycles. The molecule has 0 amide bonds. The van der Waals surface area contributed by atoms with Crippen molar-refractivity contribution in [3.63, 3.8) is 0 Å². The third-order valence-corrected chi connectivity index (χ3v) is 3.99. The van der Waals surface area contributed by atoms with E-state index in [9.17, 15) is 0 Å². The number of anilines is 1. The highest BCUT2D eigenvalue weighted by Gasteiger charge is 2.17. The number of hydrogen-bond acceptors (Lipinski definition) is 6. The Kier molecular flexibility index (Phi) is 6.27. The Bertz CT molecular complexity index is 851. The van der Waals surface area contributed by atoms with E-state index >= 15 is 0 Å². The summed E-state index contributed by atoms with van der Waals surface area (Å²) in [6, 6.07) is 15.1. The summed E-state index contributed by atoms with van der Waals surface area (Å²) in [5, 5.41) is 10.5. The lowest BCUT2D eigenvalue weighted by Gasteiger charge is -2.14. The lowest BCUT2D eigenvalue weighted by atomic mass is 10.1. The Hall–Kier alpha value is -3.06. The van der Waals surface area contributed by atoms with Gasteiger partial charge in [-0.3, -0.25) is 5.10 Å². The first kappa shape index (κ1) is 18.7. The molecule has 3 aromatic rings. The van der Waals surface area contributed by atoms with Crippen molar-refractivity contribution < 1.29 is 9.47 Å². The molecule has 0 fully saturated rings. The van der Waals surface area contributed by atoms with E-state index in [-0.39, 0.29) is 0 Å². The third-order valence-electron chi connectivity index (χ3n) is 3.99. The number of benzene rings is 2. The monoisotopic (exact) mass is 367 g/mol. The molecule has 1 atom stereocenters. The van der Waals surface area contributed by atoms with Gasteiger partial charge in [0, 0.05) is 5.69 Å². The third kappa shape index (κ3) is 4.77. The highest BCUT2D eigenvalue weighted by atomic mass is 16.5. The van der Waals surface area contributed by atoms with Crippen molar-refractivity contribution in [2.45, 2.75) is 26.4 Å². The molecule has 0 aliphatic heterocycles. The van der Waals surface area contributed by atoms with Crippen LogP contribution in [0.25, 0.3) is 0 Å². The van der Waals surface area contributed by atoms with Gasteiger partial charge in [-0.05, 0) is 43.7 Å². The molecule has 0 aliphatic carbocycles. The van der Waals surface area contributed by atoms with Crippen LogP contribution in [0, 0.1) is 0 Å². The van der Waals surface area contributed by atoms with Gasteiger partial charge in [0.1, 0.15) is 5.82 Å². The first-order valence-corrected chi connectivity index (χ1v) is 9.06. The molecule has 0 unspecified atom stereocenters. The predicted molar refractivity (Wildman–Crippen MR) is 105 cm³/mol. The molecule has 1 aromatic heterocycles. The molecule has 0 aliphatic rings. The lowest BCUT2D eigenvalue weighted by Crippen LogP contribution is -2.14. The second kappa shape index (κ2) is 9.05. The second-order valence-corrected chi connectivity index (χ2v) is 5.91. The molecular weight excluding hydrogens is 342 g/mol. The minimum Gasteiger partial charge on any atom is -0.490 e. The second-order valence-electron chi connectivity index (χ2n) is 5.91. The van der Waals surface area contributed by atoms with Gasteiger partial charge in [-0.1, -0.05) is 24.3 Å². The number of para-hydroxylation sites is 1. The van der Waals surface area contributed by atoms with Crippen LogP contribution in [-0.2, 0) is 6.54 Å². The number of nitrogens with zero attached hydrogens (tertiary/aromatic N) is 2. The topological polar surface area (TPSA) is 98.1 Å². The number of aromatic amines is 1. The molecule has 7 heteroatoms. The molecule has 2 aromatic carbocycles. The molecule has 0 saturated heterocycles. The van der Waals surface area contributed by atoms with Crippen LogP contribution in [0.3, 0.4) is 0 Å². The number of H-pyrrole nitrogens is 1. The Morgan fingerprint density at radius 2 is 1.78 bits per heavy atom. The average Bonchev–Trinajstić information content (AvgIpc) is 3.17. The maximum Gasteiger partial charge on any atom is 0.171 e. The SMILES string of the molecule is CCOc1ccc([C@@H](N)c2n[nH]c(CNc3ccccc3)n2)cc1OCC. The summed E-state index contributed by atoms with van der Waals surface area (Å²) < 4.78 is 11.3. The summed E-state index contributed by atoms with van der Waals surface area (Å²) in [6.45, 7) is 5.54. The number of aromatic nitrogens is 3. The number of ether oxygens (including phenoxy) is 2. The van der Waals surface area contributed by atoms with Crippen molar-refractivity contribution in [1.82, 2.24) is 15.2 Å². The van der Waals surface area contributed by atoms with Crippen LogP contribution in [0.2, 0.25) is 0 Å². The van der Waals surface area contributed by atoms with Gasteiger partial charge in [0.25, 0.3) is 0 Å². The summed E-state index contributed by atoms with van der Waals surface area (Å²) in [5.74, 6) is 2.64. The number of hydrogen-bond donors (Lipinski definition) is 3. The average molecular weight is 367 g/mol. The molecule has 27 heavy (non-hydrogen) atoms. The van der Waals surface area contributed by atoms with Crippen molar-refractivity contribution in [1.29, 1.82) is 0 Å². The van der Waals surface area contributed by atoms with Crippen LogP contribution in [0.15, 0.2) is 48.5 Å². The largest absolute Gasteiger partial charge is 0.490 e. The molecule has 0 saturated carbocycles. The maximum atomic E-state index is 6.36. The lowest BCUT2D eigenvalue weighted by molar-refractivity contribution is 0.287. The number of nitrogens with two attached hydrogens (primary N) is 1. The van der Waals surface area contributed by atoms with E-state index in [1.807, 2.05) is 62.4 Å². The number of rotatable bonds is 9. The zero-order valence-corrected chi connectivity index (χ0v) is 15.6. The van der Waals surface area contributed by atoms with E-state index in [0.29, 0.717) is 37.1 Å². The zero-order valence-electron chi connectivity index (χ0n) is 15.6. The van der Waals surface area contributed by atoms with Crippen LogP contribution in [0.1, 0.15) is 37.1 Å². The van der Waals surface area contributed by atoms with Gasteiger partial charge in [-0.25, -0.2) is 4.98 Å². The molecule has 7 nitrogen and oxygen atoms in total. The van der Waals surface area contributed by atoms with Crippen LogP contribution in [0.4, 0.5) is 5.69 Å². The van der Waals surface area contributed by atoms with E-state index in [4.69, 9.17) is 15.2 Å². The first-order chi connectivity index (χ1) is 13.2. The smallest absolute Gasteiger partial charge is 0.171 e. The maximum absolute atomic E-state index is 6.36. The Morgan fingerprint density at radius 1 is 1.04 bits per heavy atom. The first-order valence-electron chi connectivity index (χ1n) is 9.06. The summed E-state index contributed by atoms with van der Waals surface area (Å²) in [4.78, 5) is 4.51. The van der Waals surface area contributed by atoms with Gasteiger partial charge >= 0.3 is 0 Å². The summed E-state index contributed by atoms with van der Waals surface area (Å²) in [6.07, 6.45) is 0. The van der Waals surface area contributed by atoms with E-state index in [2.05, 4.69) is 20.5 Å². The fourth-order valence-corrected chi connectivity index (χ4v) is 2.68. The minimum atomic E-state index is -0.457. The molecule has 4 N–H and O–H groups in total. The fraction of sp³-hybridized carbons (Fsp3) is 0.300. The number of nitrogens with one attached hydrogen (secondary N) is 2. The molecule has 3 rings (SSSR count). The Morgan fingerprint density at radius 3 is 2.52 bits per heavy atom. The van der Waals surface area contributed by atoms with Gasteiger partial charge in [-0.2, -0.15) is 5.10 Å². The minimum absolute atomic E-state index is 0.457. The molecule has 0 bridgehead atoms. The zero-order chi connectivity index (χ0) is 19.1. The van der Waals surface area contributed by atoms with Crippen molar-refractivity contribution in [2.24, 2.45) is 5.73 Å². The standard InChI is InChI=1S/C20H25N5O2/c1-3-26-16-11-10-14(12-17(16)27-4-2)19(21)20-23-18(24-25-20)13-22-15-8-6-5-7-9-15/h5-12,19,22H,3-4,13,21H2,1-2H3,(H,23,24,25)/t19-/m1/s1. The Balaban J connectivity index is 1.71. The summed E-state index contributed by atoms with van der Waals surface area (Å²) >= 11 is 0. The van der Waals surface area contributed by atoms with Crippen molar-refractivity contribution in [2.75, 3.05) is 18.5 Å². The van der Waals surface area contributed by atoms with Crippen LogP contribution in [-0.4, -0.2) is 28.4 Å².